The summed E-state index contributed by atoms with van der Waals surface area (Å²) in [6, 6.07) is 4.93. The normalized spacial score (nSPS) is 40.9. The Kier molecular flexibility index (Phi) is 2.48. The van der Waals surface area contributed by atoms with Gasteiger partial charge < -0.3 is 0 Å². The van der Waals surface area contributed by atoms with Crippen molar-refractivity contribution in [2.75, 3.05) is 4.90 Å². The molecule has 0 spiro atoms. The molecular formula is C17H13Cl2NO2. The summed E-state index contributed by atoms with van der Waals surface area (Å²) in [6.45, 7) is 0. The van der Waals surface area contributed by atoms with Crippen LogP contribution in [-0.2, 0) is 9.59 Å². The fraction of sp³-hybridized carbons (Fsp3) is 0.412. The van der Waals surface area contributed by atoms with E-state index in [1.165, 1.54) is 11.3 Å². The molecule has 2 saturated carbocycles. The van der Waals surface area contributed by atoms with Gasteiger partial charge in [-0.1, -0.05) is 35.4 Å². The van der Waals surface area contributed by atoms with Gasteiger partial charge in [0.1, 0.15) is 0 Å². The molecule has 0 radical (unpaired) electrons. The van der Waals surface area contributed by atoms with Crippen LogP contribution in [0.2, 0.25) is 10.0 Å². The highest BCUT2D eigenvalue weighted by Crippen LogP contribution is 2.65. The highest BCUT2D eigenvalue weighted by molar-refractivity contribution is 6.42. The lowest BCUT2D eigenvalue weighted by Crippen LogP contribution is -2.40. The first-order chi connectivity index (χ1) is 10.6. The number of amides is 2. The minimum absolute atomic E-state index is 0.0712. The van der Waals surface area contributed by atoms with E-state index >= 15 is 0 Å². The molecule has 5 aliphatic rings. The van der Waals surface area contributed by atoms with E-state index in [1.807, 2.05) is 0 Å². The number of allylic oxidation sites excluding steroid dienone is 2. The molecule has 1 saturated heterocycles. The van der Waals surface area contributed by atoms with E-state index in [0.717, 1.165) is 0 Å². The Balaban J connectivity index is 1.58. The van der Waals surface area contributed by atoms with Gasteiger partial charge in [0.25, 0.3) is 0 Å². The SMILES string of the molecule is O=C1[C@@H]2[C@H]3C=C[C@@H]([C@@H]4C[C@H]34)[C@H]2C(=O)N1c1ccc(Cl)c(Cl)c1. The summed E-state index contributed by atoms with van der Waals surface area (Å²) in [5.74, 6) is 1.20. The smallest absolute Gasteiger partial charge is 0.238 e. The molecule has 22 heavy (non-hydrogen) atoms. The lowest BCUT2D eigenvalue weighted by molar-refractivity contribution is -0.124. The molecule has 1 aliphatic heterocycles. The molecule has 1 aromatic carbocycles. The molecule has 1 aromatic rings. The van der Waals surface area contributed by atoms with Crippen LogP contribution in [0, 0.1) is 35.5 Å². The van der Waals surface area contributed by atoms with E-state index in [9.17, 15) is 9.59 Å². The number of carbonyl (C=O) groups is 2. The second-order valence-corrected chi connectivity index (χ2v) is 7.58. The van der Waals surface area contributed by atoms with Crippen LogP contribution in [-0.4, -0.2) is 11.8 Å². The largest absolute Gasteiger partial charge is 0.274 e. The van der Waals surface area contributed by atoms with E-state index in [-0.39, 0.29) is 35.5 Å². The number of hydrogen-bond donors (Lipinski definition) is 0. The van der Waals surface area contributed by atoms with Gasteiger partial charge in [0, 0.05) is 0 Å². The minimum atomic E-state index is -0.180. The Morgan fingerprint density at radius 1 is 0.909 bits per heavy atom. The molecular weight excluding hydrogens is 321 g/mol. The van der Waals surface area contributed by atoms with Gasteiger partial charge in [0.2, 0.25) is 11.8 Å². The van der Waals surface area contributed by atoms with E-state index < -0.39 is 0 Å². The summed E-state index contributed by atoms with van der Waals surface area (Å²) in [7, 11) is 0. The Labute approximate surface area is 137 Å². The lowest BCUT2D eigenvalue weighted by atomic mass is 9.63. The molecule has 1 heterocycles. The molecule has 4 aliphatic carbocycles. The summed E-state index contributed by atoms with van der Waals surface area (Å²) in [6.07, 6.45) is 5.51. The van der Waals surface area contributed by atoms with Crippen molar-refractivity contribution < 1.29 is 9.59 Å². The van der Waals surface area contributed by atoms with Crippen molar-refractivity contribution in [1.82, 2.24) is 0 Å². The zero-order chi connectivity index (χ0) is 15.2. The van der Waals surface area contributed by atoms with E-state index in [0.29, 0.717) is 27.6 Å². The summed E-state index contributed by atoms with van der Waals surface area (Å²) in [5.41, 5.74) is 0.534. The first kappa shape index (κ1) is 13.1. The first-order valence-electron chi connectivity index (χ1n) is 7.59. The van der Waals surface area contributed by atoms with Gasteiger partial charge >= 0.3 is 0 Å². The number of benzene rings is 1. The molecule has 2 amide bonds. The van der Waals surface area contributed by atoms with Gasteiger partial charge in [-0.25, -0.2) is 4.90 Å². The summed E-state index contributed by atoms with van der Waals surface area (Å²) >= 11 is 12.0. The molecule has 6 rings (SSSR count). The average Bonchev–Trinajstić information content (AvgIpc) is 3.28. The van der Waals surface area contributed by atoms with Gasteiger partial charge in [-0.05, 0) is 48.3 Å². The highest BCUT2D eigenvalue weighted by Gasteiger charge is 2.67. The number of carbonyl (C=O) groups excluding carboxylic acids is 2. The van der Waals surface area contributed by atoms with Gasteiger partial charge in [0.15, 0.2) is 0 Å². The molecule has 3 nitrogen and oxygen atoms in total. The number of hydrogen-bond acceptors (Lipinski definition) is 2. The van der Waals surface area contributed by atoms with Crippen LogP contribution >= 0.6 is 23.2 Å². The standard InChI is InChI=1S/C17H13Cl2NO2/c18-12-4-1-7(5-13(12)19)20-16(21)14-8-2-3-9(11-6-10(8)11)15(14)17(20)22/h1-5,8-11,14-15H,6H2/t8-,9-,10-,11+,14+,15+/m0/s1. The van der Waals surface area contributed by atoms with Crippen LogP contribution in [0.3, 0.4) is 0 Å². The van der Waals surface area contributed by atoms with Gasteiger partial charge in [0.05, 0.1) is 27.6 Å². The van der Waals surface area contributed by atoms with Crippen molar-refractivity contribution in [3.63, 3.8) is 0 Å². The van der Waals surface area contributed by atoms with Gasteiger partial charge in [-0.15, -0.1) is 0 Å². The molecule has 0 aromatic heterocycles. The Bertz CT molecular complexity index is 723. The fourth-order valence-electron chi connectivity index (χ4n) is 4.84. The average molecular weight is 334 g/mol. The molecule has 5 heteroatoms. The number of rotatable bonds is 1. The quantitative estimate of drug-likeness (QED) is 0.582. The third kappa shape index (κ3) is 1.49. The fourth-order valence-corrected chi connectivity index (χ4v) is 5.13. The first-order valence-corrected chi connectivity index (χ1v) is 8.34. The highest BCUT2D eigenvalue weighted by atomic mass is 35.5. The monoisotopic (exact) mass is 333 g/mol. The number of halogens is 2. The van der Waals surface area contributed by atoms with Crippen molar-refractivity contribution in [1.29, 1.82) is 0 Å². The Morgan fingerprint density at radius 2 is 1.50 bits per heavy atom. The van der Waals surface area contributed by atoms with Crippen LogP contribution in [0.25, 0.3) is 0 Å². The maximum absolute atomic E-state index is 12.9. The summed E-state index contributed by atoms with van der Waals surface area (Å²) in [4.78, 5) is 27.1. The van der Waals surface area contributed by atoms with Crippen LogP contribution < -0.4 is 4.90 Å². The van der Waals surface area contributed by atoms with Crippen molar-refractivity contribution in [2.24, 2.45) is 35.5 Å². The maximum atomic E-state index is 12.9. The summed E-state index contributed by atoms with van der Waals surface area (Å²) < 4.78 is 0. The van der Waals surface area contributed by atoms with E-state index in [4.69, 9.17) is 23.2 Å². The Morgan fingerprint density at radius 3 is 2.05 bits per heavy atom. The van der Waals surface area contributed by atoms with E-state index in [2.05, 4.69) is 12.2 Å². The maximum Gasteiger partial charge on any atom is 0.238 e. The topological polar surface area (TPSA) is 37.4 Å². The van der Waals surface area contributed by atoms with Gasteiger partial charge in [-0.3, -0.25) is 9.59 Å². The number of nitrogens with zero attached hydrogens (tertiary/aromatic N) is 1. The molecule has 0 N–H and O–H groups in total. The predicted octanol–water partition coefficient (Wildman–Crippen LogP) is 3.55. The van der Waals surface area contributed by atoms with Crippen molar-refractivity contribution in [3.8, 4) is 0 Å². The van der Waals surface area contributed by atoms with Crippen LogP contribution in [0.4, 0.5) is 5.69 Å². The van der Waals surface area contributed by atoms with Crippen LogP contribution in [0.15, 0.2) is 30.4 Å². The molecule has 6 atom stereocenters. The number of imide groups is 1. The Hall–Kier alpha value is -1.32. The van der Waals surface area contributed by atoms with E-state index in [1.54, 1.807) is 18.2 Å². The predicted molar refractivity (Wildman–Crippen MR) is 83.7 cm³/mol. The summed E-state index contributed by atoms with van der Waals surface area (Å²) in [5, 5.41) is 0.781. The second-order valence-electron chi connectivity index (χ2n) is 6.76. The zero-order valence-corrected chi connectivity index (χ0v) is 13.1. The van der Waals surface area contributed by atoms with Crippen LogP contribution in [0.5, 0.6) is 0 Å². The lowest BCUT2D eigenvalue weighted by Gasteiger charge is -2.37. The van der Waals surface area contributed by atoms with Gasteiger partial charge in [-0.2, -0.15) is 0 Å². The van der Waals surface area contributed by atoms with Crippen molar-refractivity contribution in [2.45, 2.75) is 6.42 Å². The number of anilines is 1. The molecule has 3 fully saturated rings. The molecule has 0 unspecified atom stereocenters. The second kappa shape index (κ2) is 4.15. The third-order valence-electron chi connectivity index (χ3n) is 5.82. The zero-order valence-electron chi connectivity index (χ0n) is 11.6. The van der Waals surface area contributed by atoms with Crippen molar-refractivity contribution >= 4 is 40.7 Å². The third-order valence-corrected chi connectivity index (χ3v) is 6.56. The van der Waals surface area contributed by atoms with Crippen molar-refractivity contribution in [3.05, 3.63) is 40.4 Å². The molecule has 112 valence electrons. The molecule has 2 bridgehead atoms. The minimum Gasteiger partial charge on any atom is -0.274 e. The van der Waals surface area contributed by atoms with Crippen LogP contribution in [0.1, 0.15) is 6.42 Å².